The van der Waals surface area contributed by atoms with Gasteiger partial charge in [-0.05, 0) is 30.3 Å². The van der Waals surface area contributed by atoms with E-state index >= 15 is 0 Å². The van der Waals surface area contributed by atoms with E-state index in [1.54, 1.807) is 41.3 Å². The number of hydrogen-bond donors (Lipinski definition) is 0. The molecule has 1 aliphatic heterocycles. The van der Waals surface area contributed by atoms with Crippen molar-refractivity contribution in [1.82, 2.24) is 9.88 Å². The zero-order valence-electron chi connectivity index (χ0n) is 15.3. The number of halogens is 1. The zero-order valence-corrected chi connectivity index (χ0v) is 16.9. The molecule has 2 heterocycles. The van der Waals surface area contributed by atoms with Crippen LogP contribution in [0.1, 0.15) is 0 Å². The fourth-order valence-electron chi connectivity index (χ4n) is 3.06. The van der Waals surface area contributed by atoms with Crippen LogP contribution >= 0.6 is 22.9 Å². The van der Waals surface area contributed by atoms with Crippen LogP contribution in [-0.4, -0.2) is 53.5 Å². The molecule has 10 heteroatoms. The number of anilines is 1. The maximum Gasteiger partial charge on any atom is 0.270 e. The Morgan fingerprint density at radius 3 is 2.59 bits per heavy atom. The smallest absolute Gasteiger partial charge is 0.270 e. The van der Waals surface area contributed by atoms with Gasteiger partial charge in [-0.2, -0.15) is 0 Å². The van der Waals surface area contributed by atoms with Crippen LogP contribution in [0.25, 0.3) is 10.2 Å². The Hall–Kier alpha value is -2.91. The lowest BCUT2D eigenvalue weighted by molar-refractivity contribution is -0.384. The lowest BCUT2D eigenvalue weighted by Gasteiger charge is -2.34. The maximum absolute atomic E-state index is 12.4. The number of piperazine rings is 1. The molecule has 1 aliphatic rings. The Balaban J connectivity index is 1.34. The molecule has 0 spiro atoms. The number of carbonyl (C=O) groups is 1. The summed E-state index contributed by atoms with van der Waals surface area (Å²) in [5.74, 6) is 0.532. The second kappa shape index (κ2) is 8.22. The van der Waals surface area contributed by atoms with Crippen molar-refractivity contribution in [2.75, 3.05) is 37.7 Å². The quantitative estimate of drug-likeness (QED) is 0.452. The number of rotatable bonds is 5. The molecule has 29 heavy (non-hydrogen) atoms. The van der Waals surface area contributed by atoms with Crippen LogP contribution in [0.4, 0.5) is 10.8 Å². The van der Waals surface area contributed by atoms with Gasteiger partial charge < -0.3 is 14.5 Å². The van der Waals surface area contributed by atoms with Crippen molar-refractivity contribution in [1.29, 1.82) is 0 Å². The van der Waals surface area contributed by atoms with Gasteiger partial charge in [0.2, 0.25) is 0 Å². The van der Waals surface area contributed by atoms with E-state index in [-0.39, 0.29) is 18.2 Å². The van der Waals surface area contributed by atoms with Crippen LogP contribution in [-0.2, 0) is 4.79 Å². The molecule has 0 radical (unpaired) electrons. The average Bonchev–Trinajstić information content (AvgIpc) is 3.16. The molecule has 0 atom stereocenters. The molecule has 1 aromatic heterocycles. The van der Waals surface area contributed by atoms with Gasteiger partial charge in [0.25, 0.3) is 11.6 Å². The summed E-state index contributed by atoms with van der Waals surface area (Å²) < 4.78 is 6.31. The number of fused-ring (bicyclic) bond motifs is 1. The molecular formula is C19H17ClN4O4S. The highest BCUT2D eigenvalue weighted by Crippen LogP contribution is 2.31. The first-order valence-electron chi connectivity index (χ1n) is 8.96. The predicted octanol–water partition coefficient (Wildman–Crippen LogP) is 3.59. The van der Waals surface area contributed by atoms with Gasteiger partial charge in [-0.1, -0.05) is 22.9 Å². The number of nitro groups is 1. The Labute approximate surface area is 175 Å². The molecule has 0 aliphatic carbocycles. The first-order chi connectivity index (χ1) is 14.0. The summed E-state index contributed by atoms with van der Waals surface area (Å²) in [7, 11) is 0. The third kappa shape index (κ3) is 4.41. The Morgan fingerprint density at radius 1 is 1.17 bits per heavy atom. The highest BCUT2D eigenvalue weighted by atomic mass is 35.5. The van der Waals surface area contributed by atoms with E-state index in [1.807, 2.05) is 0 Å². The Kier molecular flexibility index (Phi) is 5.50. The van der Waals surface area contributed by atoms with Crippen molar-refractivity contribution in [3.8, 4) is 5.75 Å². The number of non-ortho nitro benzene ring substituents is 1. The summed E-state index contributed by atoms with van der Waals surface area (Å²) in [5.41, 5.74) is 0.800. The Morgan fingerprint density at radius 2 is 1.90 bits per heavy atom. The van der Waals surface area contributed by atoms with Gasteiger partial charge in [-0.25, -0.2) is 4.98 Å². The van der Waals surface area contributed by atoms with E-state index < -0.39 is 4.92 Å². The maximum atomic E-state index is 12.4. The number of nitro benzene ring substituents is 1. The monoisotopic (exact) mass is 432 g/mol. The topological polar surface area (TPSA) is 88.8 Å². The minimum absolute atomic E-state index is 0.0214. The van der Waals surface area contributed by atoms with E-state index in [0.29, 0.717) is 37.0 Å². The van der Waals surface area contributed by atoms with Gasteiger partial charge in [-0.3, -0.25) is 14.9 Å². The normalized spacial score (nSPS) is 14.2. The fraction of sp³-hybridized carbons (Fsp3) is 0.263. The van der Waals surface area contributed by atoms with Gasteiger partial charge in [0.15, 0.2) is 11.7 Å². The fourth-order valence-corrected chi connectivity index (χ4v) is 4.24. The zero-order chi connectivity index (χ0) is 20.4. The molecule has 2 aromatic carbocycles. The van der Waals surface area contributed by atoms with E-state index in [0.717, 1.165) is 15.3 Å². The molecule has 0 saturated carbocycles. The molecule has 4 rings (SSSR count). The summed E-state index contributed by atoms with van der Waals surface area (Å²) in [6.45, 7) is 2.41. The second-order valence-corrected chi connectivity index (χ2v) is 7.96. The van der Waals surface area contributed by atoms with Crippen LogP contribution in [0.5, 0.6) is 5.75 Å². The first kappa shape index (κ1) is 19.4. The average molecular weight is 433 g/mol. The molecule has 8 nitrogen and oxygen atoms in total. The minimum atomic E-state index is -0.407. The van der Waals surface area contributed by atoms with Gasteiger partial charge in [-0.15, -0.1) is 0 Å². The SMILES string of the molecule is O=C(COc1ccc(Cl)cc1)N1CCN(c2nc3ccc([N+](=O)[O-])cc3s2)CC1. The van der Waals surface area contributed by atoms with Crippen molar-refractivity contribution in [3.05, 3.63) is 57.6 Å². The molecule has 0 N–H and O–H groups in total. The molecule has 150 valence electrons. The van der Waals surface area contributed by atoms with E-state index in [1.165, 1.54) is 17.4 Å². The van der Waals surface area contributed by atoms with Gasteiger partial charge in [0.05, 0.1) is 15.1 Å². The number of aromatic nitrogens is 1. The molecule has 3 aromatic rings. The molecular weight excluding hydrogens is 416 g/mol. The molecule has 1 fully saturated rings. The number of nitrogens with zero attached hydrogens (tertiary/aromatic N) is 4. The standard InChI is InChI=1S/C19H17ClN4O4S/c20-13-1-4-15(5-2-13)28-12-18(25)22-7-9-23(10-8-22)19-21-16-6-3-14(24(26)27)11-17(16)29-19/h1-6,11H,7-10,12H2. The lowest BCUT2D eigenvalue weighted by atomic mass is 10.3. The molecule has 1 amide bonds. The van der Waals surface area contributed by atoms with Gasteiger partial charge >= 0.3 is 0 Å². The number of carbonyl (C=O) groups excluding carboxylic acids is 1. The molecule has 0 unspecified atom stereocenters. The van der Waals surface area contributed by atoms with E-state index in [4.69, 9.17) is 16.3 Å². The first-order valence-corrected chi connectivity index (χ1v) is 10.1. The van der Waals surface area contributed by atoms with E-state index in [9.17, 15) is 14.9 Å². The number of thiazole rings is 1. The highest BCUT2D eigenvalue weighted by molar-refractivity contribution is 7.22. The summed E-state index contributed by atoms with van der Waals surface area (Å²) in [6, 6.07) is 11.6. The van der Waals surface area contributed by atoms with Crippen LogP contribution in [0.15, 0.2) is 42.5 Å². The third-order valence-electron chi connectivity index (χ3n) is 4.65. The summed E-state index contributed by atoms with van der Waals surface area (Å²) in [6.07, 6.45) is 0. The highest BCUT2D eigenvalue weighted by Gasteiger charge is 2.23. The number of benzene rings is 2. The van der Waals surface area contributed by atoms with Crippen molar-refractivity contribution < 1.29 is 14.5 Å². The number of hydrogen-bond acceptors (Lipinski definition) is 7. The van der Waals surface area contributed by atoms with Gasteiger partial charge in [0.1, 0.15) is 5.75 Å². The van der Waals surface area contributed by atoms with Crippen LogP contribution < -0.4 is 9.64 Å². The number of ether oxygens (including phenoxy) is 1. The van der Waals surface area contributed by atoms with Gasteiger partial charge in [0, 0.05) is 43.3 Å². The van der Waals surface area contributed by atoms with E-state index in [2.05, 4.69) is 9.88 Å². The predicted molar refractivity (Wildman–Crippen MR) is 112 cm³/mol. The van der Waals surface area contributed by atoms with Crippen LogP contribution in [0.2, 0.25) is 5.02 Å². The van der Waals surface area contributed by atoms with Crippen molar-refractivity contribution >= 4 is 49.9 Å². The van der Waals surface area contributed by atoms with Crippen molar-refractivity contribution in [2.24, 2.45) is 0 Å². The minimum Gasteiger partial charge on any atom is -0.484 e. The van der Waals surface area contributed by atoms with Crippen molar-refractivity contribution in [3.63, 3.8) is 0 Å². The summed E-state index contributed by atoms with van der Waals surface area (Å²) in [5, 5.41) is 12.4. The van der Waals surface area contributed by atoms with Crippen LogP contribution in [0.3, 0.4) is 0 Å². The molecule has 1 saturated heterocycles. The van der Waals surface area contributed by atoms with Crippen molar-refractivity contribution in [2.45, 2.75) is 0 Å². The second-order valence-electron chi connectivity index (χ2n) is 6.52. The number of amides is 1. The van der Waals surface area contributed by atoms with Crippen LogP contribution in [0, 0.1) is 10.1 Å². The molecule has 0 bridgehead atoms. The third-order valence-corrected chi connectivity index (χ3v) is 5.98. The Bertz CT molecular complexity index is 1050. The summed E-state index contributed by atoms with van der Waals surface area (Å²) >= 11 is 7.26. The lowest BCUT2D eigenvalue weighted by Crippen LogP contribution is -2.50. The summed E-state index contributed by atoms with van der Waals surface area (Å²) in [4.78, 5) is 31.4. The largest absolute Gasteiger partial charge is 0.484 e.